The van der Waals surface area contributed by atoms with Crippen molar-refractivity contribution in [3.05, 3.63) is 4.91 Å². The van der Waals surface area contributed by atoms with Gasteiger partial charge < -0.3 is 0 Å². The first kappa shape index (κ1) is 8.83. The van der Waals surface area contributed by atoms with E-state index in [-0.39, 0.29) is 0 Å². The van der Waals surface area contributed by atoms with E-state index in [4.69, 9.17) is 0 Å². The van der Waals surface area contributed by atoms with E-state index < -0.39 is 6.03 Å². The molecule has 0 saturated heterocycles. The van der Waals surface area contributed by atoms with Crippen LogP contribution in [0.15, 0.2) is 10.2 Å². The zero-order chi connectivity index (χ0) is 8.97. The van der Waals surface area contributed by atoms with Crippen molar-refractivity contribution in [2.24, 2.45) is 10.2 Å². The molecule has 1 rings (SSSR count). The highest BCUT2D eigenvalue weighted by Crippen LogP contribution is 2.08. The molecule has 0 atom stereocenters. The molecule has 1 aliphatic heterocycles. The summed E-state index contributed by atoms with van der Waals surface area (Å²) in [5.74, 6) is 0.696. The third kappa shape index (κ3) is 1.66. The average molecular weight is 169 g/mol. The van der Waals surface area contributed by atoms with E-state index in [2.05, 4.69) is 10.2 Å². The predicted molar refractivity (Wildman–Crippen MR) is 45.1 cm³/mol. The lowest BCUT2D eigenvalue weighted by Crippen LogP contribution is -2.31. The fourth-order valence-corrected chi connectivity index (χ4v) is 1.19. The predicted octanol–water partition coefficient (Wildman–Crippen LogP) is 1.39. The van der Waals surface area contributed by atoms with E-state index in [1.165, 1.54) is 4.90 Å². The van der Waals surface area contributed by atoms with E-state index >= 15 is 0 Å². The van der Waals surface area contributed by atoms with E-state index in [9.17, 15) is 9.70 Å². The molecule has 0 aromatic rings. The molecule has 0 aromatic carbocycles. The average Bonchev–Trinajstić information content (AvgIpc) is 2.52. The van der Waals surface area contributed by atoms with Crippen LogP contribution in [0.1, 0.15) is 19.8 Å². The van der Waals surface area contributed by atoms with E-state index in [1.54, 1.807) is 0 Å². The largest absolute Gasteiger partial charge is 0.386 e. The first-order valence-corrected chi connectivity index (χ1v) is 3.97. The highest BCUT2D eigenvalue weighted by Gasteiger charge is 2.22. The van der Waals surface area contributed by atoms with Gasteiger partial charge in [0.15, 0.2) is 0 Å². The summed E-state index contributed by atoms with van der Waals surface area (Å²) in [7, 11) is 0. The molecule has 0 fully saturated rings. The molecular formula is C7H11N3O2. The van der Waals surface area contributed by atoms with Crippen LogP contribution >= 0.6 is 0 Å². The summed E-state index contributed by atoms with van der Waals surface area (Å²) in [4.78, 5) is 26.3. The Hall–Kier alpha value is -1.26. The molecule has 0 spiro atoms. The van der Waals surface area contributed by atoms with Gasteiger partial charge in [0.25, 0.3) is 0 Å². The van der Waals surface area contributed by atoms with E-state index in [1.807, 2.05) is 6.92 Å². The Balaban J connectivity index is 2.60. The van der Waals surface area contributed by atoms with Crippen LogP contribution in [0, 0.1) is 4.91 Å². The lowest BCUT2D eigenvalue weighted by Gasteiger charge is -2.12. The van der Waals surface area contributed by atoms with E-state index in [0.29, 0.717) is 18.9 Å². The van der Waals surface area contributed by atoms with Crippen LogP contribution in [-0.4, -0.2) is 29.9 Å². The summed E-state index contributed by atoms with van der Waals surface area (Å²) in [6.07, 6.45) is 1.66. The summed E-state index contributed by atoms with van der Waals surface area (Å²) in [6.45, 7) is 3.09. The van der Waals surface area contributed by atoms with Crippen LogP contribution in [0.3, 0.4) is 0 Å². The zero-order valence-corrected chi connectivity index (χ0v) is 6.99. The third-order valence-electron chi connectivity index (χ3n) is 1.71. The van der Waals surface area contributed by atoms with Crippen molar-refractivity contribution in [2.45, 2.75) is 19.8 Å². The molecule has 66 valence electrons. The third-order valence-corrected chi connectivity index (χ3v) is 1.71. The monoisotopic (exact) mass is 169 g/mol. The van der Waals surface area contributed by atoms with Gasteiger partial charge in [-0.2, -0.15) is 0 Å². The Labute approximate surface area is 70.4 Å². The van der Waals surface area contributed by atoms with Crippen molar-refractivity contribution in [3.8, 4) is 0 Å². The van der Waals surface area contributed by atoms with Gasteiger partial charge in [-0.1, -0.05) is 6.92 Å². The van der Waals surface area contributed by atoms with Crippen molar-refractivity contribution < 1.29 is 4.79 Å². The van der Waals surface area contributed by atoms with Gasteiger partial charge >= 0.3 is 6.03 Å². The molecule has 2 amide bonds. The molecule has 12 heavy (non-hydrogen) atoms. The number of carbonyl (C=O) groups excluding carboxylic acids is 1. The van der Waals surface area contributed by atoms with Gasteiger partial charge in [0.1, 0.15) is 5.84 Å². The van der Waals surface area contributed by atoms with Crippen LogP contribution in [0.2, 0.25) is 0 Å². The molecule has 5 heteroatoms. The molecular weight excluding hydrogens is 158 g/mol. The number of nitrogens with zero attached hydrogens (tertiary/aromatic N) is 3. The number of carbonyl (C=O) groups is 1. The van der Waals surface area contributed by atoms with Crippen LogP contribution < -0.4 is 0 Å². The van der Waals surface area contributed by atoms with Crippen LogP contribution in [0.5, 0.6) is 0 Å². The Kier molecular flexibility index (Phi) is 2.90. The minimum Gasteiger partial charge on any atom is -0.276 e. The van der Waals surface area contributed by atoms with Crippen molar-refractivity contribution in [1.82, 2.24) is 4.90 Å². The lowest BCUT2D eigenvalue weighted by atomic mass is 10.3. The number of amides is 2. The van der Waals surface area contributed by atoms with Crippen molar-refractivity contribution >= 4 is 11.9 Å². The molecule has 0 saturated carbocycles. The summed E-state index contributed by atoms with van der Waals surface area (Å²) < 4.78 is 0. The quantitative estimate of drug-likeness (QED) is 0.586. The highest BCUT2D eigenvalue weighted by molar-refractivity contribution is 5.98. The fraction of sp³-hybridized carbons (Fsp3) is 0.714. The minimum atomic E-state index is -0.722. The lowest BCUT2D eigenvalue weighted by molar-refractivity contribution is 0.232. The standard InChI is InChI=1S/C7H11N3O2/c1-2-3-6-8-4-5-10(6)7(11)9-12/h2-5H2,1H3. The Morgan fingerprint density at radius 1 is 1.75 bits per heavy atom. The van der Waals surface area contributed by atoms with Crippen LogP contribution in [0.4, 0.5) is 4.79 Å². The van der Waals surface area contributed by atoms with E-state index in [0.717, 1.165) is 12.8 Å². The molecule has 0 bridgehead atoms. The molecule has 0 radical (unpaired) electrons. The number of urea groups is 1. The first-order valence-electron chi connectivity index (χ1n) is 3.97. The van der Waals surface area contributed by atoms with Gasteiger partial charge in [0.2, 0.25) is 0 Å². The summed E-state index contributed by atoms with van der Waals surface area (Å²) in [5, 5.41) is 2.36. The molecule has 1 heterocycles. The molecule has 5 nitrogen and oxygen atoms in total. The first-order chi connectivity index (χ1) is 5.79. The van der Waals surface area contributed by atoms with Gasteiger partial charge in [0.05, 0.1) is 6.54 Å². The number of aliphatic imine (C=N–C) groups is 1. The highest BCUT2D eigenvalue weighted by atomic mass is 16.3. The normalized spacial score (nSPS) is 16.1. The number of rotatable bonds is 2. The second-order valence-electron chi connectivity index (χ2n) is 2.57. The maximum absolute atomic E-state index is 10.9. The Morgan fingerprint density at radius 2 is 2.50 bits per heavy atom. The smallest absolute Gasteiger partial charge is 0.276 e. The Bertz CT molecular complexity index is 225. The van der Waals surface area contributed by atoms with Gasteiger partial charge in [-0.15, -0.1) is 4.91 Å². The number of hydrogen-bond acceptors (Lipinski definition) is 3. The number of nitroso groups, excluding NO2 is 1. The second kappa shape index (κ2) is 3.94. The molecule has 0 aromatic heterocycles. The van der Waals surface area contributed by atoms with Crippen LogP contribution in [0.25, 0.3) is 0 Å². The maximum Gasteiger partial charge on any atom is 0.386 e. The van der Waals surface area contributed by atoms with Crippen LogP contribution in [-0.2, 0) is 0 Å². The number of amidine groups is 1. The van der Waals surface area contributed by atoms with Gasteiger partial charge in [0, 0.05) is 18.1 Å². The Morgan fingerprint density at radius 3 is 3.08 bits per heavy atom. The van der Waals surface area contributed by atoms with Crippen molar-refractivity contribution in [3.63, 3.8) is 0 Å². The SMILES string of the molecule is CCCC1=NCCN1C(=O)N=O. The number of hydrogen-bond donors (Lipinski definition) is 0. The summed E-state index contributed by atoms with van der Waals surface area (Å²) in [5.41, 5.74) is 0. The van der Waals surface area contributed by atoms with Crippen molar-refractivity contribution in [1.29, 1.82) is 0 Å². The minimum absolute atomic E-state index is 0.500. The maximum atomic E-state index is 10.9. The fourth-order valence-electron chi connectivity index (χ4n) is 1.19. The van der Waals surface area contributed by atoms with Gasteiger partial charge in [-0.05, 0) is 6.42 Å². The summed E-state index contributed by atoms with van der Waals surface area (Å²) >= 11 is 0. The molecule has 0 unspecified atom stereocenters. The van der Waals surface area contributed by atoms with Crippen molar-refractivity contribution in [2.75, 3.05) is 13.1 Å². The van der Waals surface area contributed by atoms with Gasteiger partial charge in [-0.25, -0.2) is 4.79 Å². The zero-order valence-electron chi connectivity index (χ0n) is 6.99. The molecule has 0 N–H and O–H groups in total. The summed E-state index contributed by atoms with van der Waals surface area (Å²) in [6, 6.07) is -0.722. The topological polar surface area (TPSA) is 62.1 Å². The van der Waals surface area contributed by atoms with Gasteiger partial charge in [-0.3, -0.25) is 9.89 Å². The molecule has 1 aliphatic rings. The second-order valence-corrected chi connectivity index (χ2v) is 2.57. The molecule has 0 aliphatic carbocycles.